The lowest BCUT2D eigenvalue weighted by Crippen LogP contribution is -2.36. The van der Waals surface area contributed by atoms with Crippen molar-refractivity contribution in [1.29, 1.82) is 0 Å². The molecule has 0 spiro atoms. The number of carbonyl (C=O) groups is 2. The van der Waals surface area contributed by atoms with Crippen molar-refractivity contribution in [2.45, 2.75) is 91.1 Å². The van der Waals surface area contributed by atoms with Gasteiger partial charge in [-0.05, 0) is 33.1 Å². The van der Waals surface area contributed by atoms with E-state index in [9.17, 15) is 9.59 Å². The molecule has 0 aromatic heterocycles. The first kappa shape index (κ1) is 20.0. The molecule has 23 heavy (non-hydrogen) atoms. The Bertz CT molecular complexity index is 351. The largest absolute Gasteiger partial charge is 0.465 e. The second-order valence-corrected chi connectivity index (χ2v) is 6.92. The predicted molar refractivity (Wildman–Crippen MR) is 91.0 cm³/mol. The molecule has 4 heteroatoms. The van der Waals surface area contributed by atoms with Gasteiger partial charge in [-0.3, -0.25) is 9.59 Å². The zero-order valence-corrected chi connectivity index (χ0v) is 15.1. The quantitative estimate of drug-likeness (QED) is 0.433. The molecule has 134 valence electrons. The Morgan fingerprint density at radius 3 is 2.09 bits per heavy atom. The second-order valence-electron chi connectivity index (χ2n) is 6.92. The summed E-state index contributed by atoms with van der Waals surface area (Å²) in [5, 5.41) is 0. The van der Waals surface area contributed by atoms with Crippen LogP contribution in [0.4, 0.5) is 0 Å². The smallest absolute Gasteiger partial charge is 0.310 e. The molecule has 2 unspecified atom stereocenters. The van der Waals surface area contributed by atoms with Crippen LogP contribution < -0.4 is 0 Å². The molecule has 0 N–H and O–H groups in total. The molecule has 0 aromatic carbocycles. The van der Waals surface area contributed by atoms with E-state index >= 15 is 0 Å². The van der Waals surface area contributed by atoms with Crippen LogP contribution in [0.15, 0.2) is 0 Å². The maximum atomic E-state index is 12.3. The first-order valence-corrected chi connectivity index (χ1v) is 9.43. The summed E-state index contributed by atoms with van der Waals surface area (Å²) in [4.78, 5) is 24.5. The molecule has 0 heterocycles. The Balaban J connectivity index is 2.32. The van der Waals surface area contributed by atoms with Gasteiger partial charge in [0.25, 0.3) is 0 Å². The van der Waals surface area contributed by atoms with Gasteiger partial charge in [0.2, 0.25) is 0 Å². The molecule has 1 rings (SSSR count). The number of hydrogen-bond acceptors (Lipinski definition) is 4. The molecule has 1 aliphatic carbocycles. The summed E-state index contributed by atoms with van der Waals surface area (Å²) in [7, 11) is 0. The maximum Gasteiger partial charge on any atom is 0.310 e. The SMILES string of the molecule is CCCCCCCCOC(=O)C1CCCCC1C(=O)OC(C)C. The third-order valence-electron chi connectivity index (χ3n) is 4.47. The van der Waals surface area contributed by atoms with Crippen molar-refractivity contribution in [3.05, 3.63) is 0 Å². The molecule has 0 saturated heterocycles. The van der Waals surface area contributed by atoms with Crippen LogP contribution in [-0.2, 0) is 19.1 Å². The molecule has 0 amide bonds. The lowest BCUT2D eigenvalue weighted by atomic mass is 9.79. The Morgan fingerprint density at radius 1 is 0.913 bits per heavy atom. The van der Waals surface area contributed by atoms with Gasteiger partial charge < -0.3 is 9.47 Å². The summed E-state index contributed by atoms with van der Waals surface area (Å²) in [6, 6.07) is 0. The van der Waals surface area contributed by atoms with E-state index in [-0.39, 0.29) is 29.9 Å². The number of ether oxygens (including phenoxy) is 2. The van der Waals surface area contributed by atoms with Crippen molar-refractivity contribution < 1.29 is 19.1 Å². The molecule has 0 aromatic rings. The van der Waals surface area contributed by atoms with Crippen LogP contribution in [0.5, 0.6) is 0 Å². The number of hydrogen-bond donors (Lipinski definition) is 0. The zero-order chi connectivity index (χ0) is 17.1. The summed E-state index contributed by atoms with van der Waals surface area (Å²) >= 11 is 0. The standard InChI is InChI=1S/C19H34O4/c1-4-5-6-7-8-11-14-22-18(20)16-12-9-10-13-17(16)19(21)23-15(2)3/h15-17H,4-14H2,1-3H3. The van der Waals surface area contributed by atoms with Gasteiger partial charge in [-0.15, -0.1) is 0 Å². The highest BCUT2D eigenvalue weighted by molar-refractivity contribution is 5.82. The average molecular weight is 326 g/mol. The molecular weight excluding hydrogens is 292 g/mol. The molecule has 2 atom stereocenters. The van der Waals surface area contributed by atoms with E-state index in [0.717, 1.165) is 38.5 Å². The monoisotopic (exact) mass is 326 g/mol. The Kier molecular flexibility index (Phi) is 9.97. The fourth-order valence-corrected chi connectivity index (χ4v) is 3.18. The number of esters is 2. The van der Waals surface area contributed by atoms with Crippen molar-refractivity contribution in [3.8, 4) is 0 Å². The Labute approximate surface area is 141 Å². The average Bonchev–Trinajstić information content (AvgIpc) is 2.53. The van der Waals surface area contributed by atoms with Crippen LogP contribution in [0, 0.1) is 11.8 Å². The van der Waals surface area contributed by atoms with Crippen molar-refractivity contribution >= 4 is 11.9 Å². The van der Waals surface area contributed by atoms with E-state index in [2.05, 4.69) is 6.92 Å². The maximum absolute atomic E-state index is 12.3. The minimum atomic E-state index is -0.316. The van der Waals surface area contributed by atoms with Gasteiger partial charge in [-0.25, -0.2) is 0 Å². The Hall–Kier alpha value is -1.06. The molecule has 1 saturated carbocycles. The van der Waals surface area contributed by atoms with Crippen LogP contribution in [-0.4, -0.2) is 24.6 Å². The van der Waals surface area contributed by atoms with Gasteiger partial charge in [-0.1, -0.05) is 51.9 Å². The molecule has 1 fully saturated rings. The first-order valence-electron chi connectivity index (χ1n) is 9.43. The van der Waals surface area contributed by atoms with Crippen LogP contribution in [0.25, 0.3) is 0 Å². The van der Waals surface area contributed by atoms with Gasteiger partial charge in [0.05, 0.1) is 24.5 Å². The highest BCUT2D eigenvalue weighted by Crippen LogP contribution is 2.32. The minimum Gasteiger partial charge on any atom is -0.465 e. The van der Waals surface area contributed by atoms with Crippen molar-refractivity contribution in [2.75, 3.05) is 6.61 Å². The fourth-order valence-electron chi connectivity index (χ4n) is 3.18. The molecule has 1 aliphatic rings. The highest BCUT2D eigenvalue weighted by atomic mass is 16.5. The number of unbranched alkanes of at least 4 members (excludes halogenated alkanes) is 5. The summed E-state index contributed by atoms with van der Waals surface area (Å²) in [5.41, 5.74) is 0. The van der Waals surface area contributed by atoms with E-state index in [0.29, 0.717) is 6.61 Å². The van der Waals surface area contributed by atoms with E-state index in [1.54, 1.807) is 0 Å². The summed E-state index contributed by atoms with van der Waals surface area (Å²) in [6.45, 7) is 6.36. The Morgan fingerprint density at radius 2 is 1.48 bits per heavy atom. The highest BCUT2D eigenvalue weighted by Gasteiger charge is 2.38. The predicted octanol–water partition coefficient (Wildman–Crippen LogP) is 4.65. The third kappa shape index (κ3) is 7.85. The van der Waals surface area contributed by atoms with Gasteiger partial charge in [0.1, 0.15) is 0 Å². The van der Waals surface area contributed by atoms with Gasteiger partial charge in [0.15, 0.2) is 0 Å². The number of carbonyl (C=O) groups excluding carboxylic acids is 2. The summed E-state index contributed by atoms with van der Waals surface area (Å²) in [6.07, 6.45) is 10.3. The molecule has 0 bridgehead atoms. The fraction of sp³-hybridized carbons (Fsp3) is 0.895. The molecule has 0 aliphatic heterocycles. The van der Waals surface area contributed by atoms with Gasteiger partial charge in [0, 0.05) is 0 Å². The van der Waals surface area contributed by atoms with Crippen LogP contribution in [0.3, 0.4) is 0 Å². The van der Waals surface area contributed by atoms with Crippen LogP contribution in [0.1, 0.15) is 85.0 Å². The lowest BCUT2D eigenvalue weighted by molar-refractivity contribution is -0.165. The lowest BCUT2D eigenvalue weighted by Gasteiger charge is -2.28. The van der Waals surface area contributed by atoms with E-state index < -0.39 is 0 Å². The number of rotatable bonds is 10. The summed E-state index contributed by atoms with van der Waals surface area (Å²) in [5.74, 6) is -1.07. The second kappa shape index (κ2) is 11.5. The molecular formula is C19H34O4. The van der Waals surface area contributed by atoms with Gasteiger partial charge in [-0.2, -0.15) is 0 Å². The van der Waals surface area contributed by atoms with Crippen LogP contribution in [0.2, 0.25) is 0 Å². The van der Waals surface area contributed by atoms with Crippen molar-refractivity contribution in [3.63, 3.8) is 0 Å². The van der Waals surface area contributed by atoms with E-state index in [4.69, 9.17) is 9.47 Å². The van der Waals surface area contributed by atoms with Crippen LogP contribution >= 0.6 is 0 Å². The minimum absolute atomic E-state index is 0.135. The summed E-state index contributed by atoms with van der Waals surface area (Å²) < 4.78 is 10.7. The molecule has 4 nitrogen and oxygen atoms in total. The third-order valence-corrected chi connectivity index (χ3v) is 4.47. The first-order chi connectivity index (χ1) is 11.1. The normalized spacial score (nSPS) is 21.2. The topological polar surface area (TPSA) is 52.6 Å². The van der Waals surface area contributed by atoms with Crippen molar-refractivity contribution in [2.24, 2.45) is 11.8 Å². The van der Waals surface area contributed by atoms with E-state index in [1.807, 2.05) is 13.8 Å². The van der Waals surface area contributed by atoms with Gasteiger partial charge >= 0.3 is 11.9 Å². The zero-order valence-electron chi connectivity index (χ0n) is 15.1. The van der Waals surface area contributed by atoms with Crippen molar-refractivity contribution in [1.82, 2.24) is 0 Å². The van der Waals surface area contributed by atoms with E-state index in [1.165, 1.54) is 25.7 Å². The molecule has 0 radical (unpaired) electrons.